The summed E-state index contributed by atoms with van der Waals surface area (Å²) in [5.41, 5.74) is 4.40. The van der Waals surface area contributed by atoms with Crippen molar-refractivity contribution >= 4 is 34.4 Å². The Bertz CT molecular complexity index is 1260. The molecule has 2 aliphatic rings. The van der Waals surface area contributed by atoms with Crippen LogP contribution in [0.2, 0.25) is 0 Å². The lowest BCUT2D eigenvalue weighted by molar-refractivity contribution is 0.0939. The highest BCUT2D eigenvalue weighted by molar-refractivity contribution is 7.99. The Kier molecular flexibility index (Phi) is 4.26. The number of nitrogens with one attached hydrogen (secondary N) is 2. The first-order valence-corrected chi connectivity index (χ1v) is 11.2. The number of aromatic nitrogens is 1. The molecule has 1 aliphatic carbocycles. The molecule has 5 rings (SSSR count). The second-order valence-electron chi connectivity index (χ2n) is 8.50. The highest BCUT2D eigenvalue weighted by atomic mass is 32.2. The summed E-state index contributed by atoms with van der Waals surface area (Å²) in [6.45, 7) is 4.12. The van der Waals surface area contributed by atoms with E-state index in [2.05, 4.69) is 30.2 Å². The van der Waals surface area contributed by atoms with Gasteiger partial charge >= 0.3 is 0 Å². The van der Waals surface area contributed by atoms with Crippen LogP contribution in [0.15, 0.2) is 36.4 Å². The van der Waals surface area contributed by atoms with Crippen LogP contribution >= 0.6 is 11.8 Å². The molecule has 3 aromatic rings. The number of ketones is 1. The van der Waals surface area contributed by atoms with Crippen molar-refractivity contribution in [2.75, 3.05) is 11.5 Å². The lowest BCUT2D eigenvalue weighted by Crippen LogP contribution is -2.35. The van der Waals surface area contributed by atoms with E-state index in [1.165, 1.54) is 0 Å². The van der Waals surface area contributed by atoms with Crippen molar-refractivity contribution in [1.82, 2.24) is 10.3 Å². The number of nitriles is 1. The first-order chi connectivity index (χ1) is 14.4. The third-order valence-electron chi connectivity index (χ3n) is 6.24. The van der Waals surface area contributed by atoms with Gasteiger partial charge in [0, 0.05) is 44.9 Å². The molecule has 1 amide bonds. The van der Waals surface area contributed by atoms with E-state index < -0.39 is 5.41 Å². The van der Waals surface area contributed by atoms with Gasteiger partial charge in [-0.1, -0.05) is 19.9 Å². The minimum absolute atomic E-state index is 0.0468. The van der Waals surface area contributed by atoms with Gasteiger partial charge in [0.15, 0.2) is 5.78 Å². The maximum absolute atomic E-state index is 13.4. The van der Waals surface area contributed by atoms with Gasteiger partial charge in [0.05, 0.1) is 17.2 Å². The van der Waals surface area contributed by atoms with Gasteiger partial charge in [-0.25, -0.2) is 0 Å². The van der Waals surface area contributed by atoms with E-state index in [0.29, 0.717) is 22.3 Å². The molecule has 150 valence electrons. The molecule has 30 heavy (non-hydrogen) atoms. The Hall–Kier alpha value is -3.04. The zero-order valence-corrected chi connectivity index (χ0v) is 17.7. The van der Waals surface area contributed by atoms with Crippen molar-refractivity contribution in [2.45, 2.75) is 31.7 Å². The van der Waals surface area contributed by atoms with Crippen LogP contribution in [0.25, 0.3) is 10.9 Å². The van der Waals surface area contributed by atoms with Crippen LogP contribution in [0, 0.1) is 11.3 Å². The molecule has 2 heterocycles. The highest BCUT2D eigenvalue weighted by Gasteiger charge is 2.40. The number of nitrogens with zero attached hydrogens (tertiary/aromatic N) is 1. The van der Waals surface area contributed by atoms with Gasteiger partial charge in [-0.15, -0.1) is 0 Å². The topological polar surface area (TPSA) is 85.8 Å². The number of H-pyrrole nitrogens is 1. The molecule has 1 aromatic heterocycles. The molecule has 1 unspecified atom stereocenters. The summed E-state index contributed by atoms with van der Waals surface area (Å²) in [6.07, 6.45) is 0.994. The molecular formula is C24H21N3O2S. The number of amides is 1. The fourth-order valence-corrected chi connectivity index (χ4v) is 5.71. The lowest BCUT2D eigenvalue weighted by Gasteiger charge is -2.32. The van der Waals surface area contributed by atoms with Crippen LogP contribution in [-0.4, -0.2) is 34.2 Å². The molecule has 0 radical (unpaired) electrons. The van der Waals surface area contributed by atoms with E-state index >= 15 is 0 Å². The van der Waals surface area contributed by atoms with Gasteiger partial charge in [0.25, 0.3) is 5.91 Å². The monoisotopic (exact) mass is 415 g/mol. The summed E-state index contributed by atoms with van der Waals surface area (Å²) in [7, 11) is 0. The molecule has 0 spiro atoms. The molecule has 0 saturated carbocycles. The summed E-state index contributed by atoms with van der Waals surface area (Å²) in [4.78, 5) is 29.6. The van der Waals surface area contributed by atoms with E-state index in [1.54, 1.807) is 24.3 Å². The number of hydrogen-bond donors (Lipinski definition) is 2. The Morgan fingerprint density at radius 3 is 2.83 bits per heavy atom. The number of thioether (sulfide) groups is 1. The van der Waals surface area contributed by atoms with Crippen LogP contribution < -0.4 is 5.32 Å². The smallest absolute Gasteiger partial charge is 0.251 e. The van der Waals surface area contributed by atoms with Crippen molar-refractivity contribution in [1.29, 1.82) is 5.26 Å². The SMILES string of the molecule is CC1(C)c2cc(C(=O)NC3CCSC3)ccc2C(=O)c2c1[nH]c1cc(C#N)ccc21. The van der Waals surface area contributed by atoms with E-state index in [0.717, 1.165) is 40.1 Å². The molecule has 6 heteroatoms. The molecule has 2 N–H and O–H groups in total. The van der Waals surface area contributed by atoms with Gasteiger partial charge in [-0.05, 0) is 48.1 Å². The largest absolute Gasteiger partial charge is 0.357 e. The Morgan fingerprint density at radius 2 is 2.10 bits per heavy atom. The minimum atomic E-state index is -0.482. The number of benzene rings is 2. The number of fused-ring (bicyclic) bond motifs is 4. The number of aromatic amines is 1. The van der Waals surface area contributed by atoms with Crippen LogP contribution in [0.3, 0.4) is 0 Å². The lowest BCUT2D eigenvalue weighted by atomic mass is 9.71. The molecule has 0 bridgehead atoms. The second kappa shape index (κ2) is 6.75. The summed E-state index contributed by atoms with van der Waals surface area (Å²) in [5, 5.41) is 13.1. The summed E-state index contributed by atoms with van der Waals surface area (Å²) in [6, 6.07) is 13.1. The first kappa shape index (κ1) is 19.0. The fraction of sp³-hybridized carbons (Fsp3) is 0.292. The van der Waals surface area contributed by atoms with E-state index in [-0.39, 0.29) is 17.7 Å². The van der Waals surface area contributed by atoms with Gasteiger partial charge in [0.1, 0.15) is 0 Å². The minimum Gasteiger partial charge on any atom is -0.357 e. The number of rotatable bonds is 2. The average Bonchev–Trinajstić information content (AvgIpc) is 3.39. The van der Waals surface area contributed by atoms with Gasteiger partial charge in [-0.2, -0.15) is 17.0 Å². The number of carbonyl (C=O) groups excluding carboxylic acids is 2. The van der Waals surface area contributed by atoms with Gasteiger partial charge in [0.2, 0.25) is 0 Å². The van der Waals surface area contributed by atoms with Gasteiger partial charge < -0.3 is 10.3 Å². The quantitative estimate of drug-likeness (QED) is 0.659. The van der Waals surface area contributed by atoms with Crippen molar-refractivity contribution < 1.29 is 9.59 Å². The highest BCUT2D eigenvalue weighted by Crippen LogP contribution is 2.44. The summed E-state index contributed by atoms with van der Waals surface area (Å²) >= 11 is 1.86. The maximum atomic E-state index is 13.4. The molecule has 2 aromatic carbocycles. The first-order valence-electron chi connectivity index (χ1n) is 10.0. The van der Waals surface area contributed by atoms with E-state index in [1.807, 2.05) is 23.9 Å². The standard InChI is InChI=1S/C24H21N3O2S/c1-24(2)18-10-14(23(29)26-15-7-8-30-12-15)4-6-16(18)21(28)20-17-5-3-13(11-25)9-19(17)27-22(20)24/h3-6,9-10,15,27H,7-8,12H2,1-2H3,(H,26,29). The molecule has 1 atom stereocenters. The third-order valence-corrected chi connectivity index (χ3v) is 7.41. The van der Waals surface area contributed by atoms with Crippen molar-refractivity contribution in [3.63, 3.8) is 0 Å². The number of hydrogen-bond acceptors (Lipinski definition) is 4. The number of carbonyl (C=O) groups is 2. The third kappa shape index (κ3) is 2.77. The summed E-state index contributed by atoms with van der Waals surface area (Å²) in [5.74, 6) is 1.89. The zero-order chi connectivity index (χ0) is 21.0. The van der Waals surface area contributed by atoms with Crippen LogP contribution in [0.4, 0.5) is 0 Å². The van der Waals surface area contributed by atoms with Crippen LogP contribution in [0.1, 0.15) is 63.4 Å². The van der Waals surface area contributed by atoms with E-state index in [4.69, 9.17) is 0 Å². The van der Waals surface area contributed by atoms with Crippen LogP contribution in [0.5, 0.6) is 0 Å². The fourth-order valence-electron chi connectivity index (χ4n) is 4.56. The predicted molar refractivity (Wildman–Crippen MR) is 118 cm³/mol. The predicted octanol–water partition coefficient (Wildman–Crippen LogP) is 4.15. The van der Waals surface area contributed by atoms with E-state index in [9.17, 15) is 14.9 Å². The van der Waals surface area contributed by atoms with Crippen molar-refractivity contribution in [2.24, 2.45) is 0 Å². The maximum Gasteiger partial charge on any atom is 0.251 e. The zero-order valence-electron chi connectivity index (χ0n) is 16.8. The molecule has 1 saturated heterocycles. The van der Waals surface area contributed by atoms with Crippen molar-refractivity contribution in [3.8, 4) is 6.07 Å². The average molecular weight is 416 g/mol. The Balaban J connectivity index is 1.60. The summed E-state index contributed by atoms with van der Waals surface area (Å²) < 4.78 is 0. The molecule has 1 aliphatic heterocycles. The van der Waals surface area contributed by atoms with Crippen molar-refractivity contribution in [3.05, 3.63) is 69.9 Å². The second-order valence-corrected chi connectivity index (χ2v) is 9.65. The Labute approximate surface area is 178 Å². The van der Waals surface area contributed by atoms with Crippen LogP contribution in [-0.2, 0) is 5.41 Å². The normalized spacial score (nSPS) is 19.2. The molecule has 5 nitrogen and oxygen atoms in total. The van der Waals surface area contributed by atoms with Gasteiger partial charge in [-0.3, -0.25) is 9.59 Å². The molecular weight excluding hydrogens is 394 g/mol. The molecule has 1 fully saturated rings. The Morgan fingerprint density at radius 1 is 1.27 bits per heavy atom.